The number of aliphatic hydroxyl groups is 3. The van der Waals surface area contributed by atoms with E-state index >= 15 is 0 Å². The highest BCUT2D eigenvalue weighted by atomic mass is 16.3. The van der Waals surface area contributed by atoms with Crippen LogP contribution in [0.25, 0.3) is 5.76 Å². The van der Waals surface area contributed by atoms with Crippen molar-refractivity contribution in [2.45, 2.75) is 93.1 Å². The van der Waals surface area contributed by atoms with Gasteiger partial charge < -0.3 is 20.4 Å². The van der Waals surface area contributed by atoms with Gasteiger partial charge in [-0.2, -0.15) is 0 Å². The van der Waals surface area contributed by atoms with Crippen LogP contribution in [0.15, 0.2) is 23.0 Å². The average Bonchev–Trinajstić information content (AvgIpc) is 2.81. The van der Waals surface area contributed by atoms with E-state index in [0.717, 1.165) is 12.5 Å². The lowest BCUT2D eigenvalue weighted by molar-refractivity contribution is -0.178. The molecule has 3 aliphatic carbocycles. The van der Waals surface area contributed by atoms with Crippen molar-refractivity contribution in [1.29, 1.82) is 0 Å². The molecule has 0 heterocycles. The first-order valence-corrected chi connectivity index (χ1v) is 14.4. The first-order valence-electron chi connectivity index (χ1n) is 14.4. The highest BCUT2D eigenvalue weighted by Crippen LogP contribution is 2.65. The van der Waals surface area contributed by atoms with E-state index in [-0.39, 0.29) is 41.6 Å². The zero-order valence-corrected chi connectivity index (χ0v) is 25.5. The van der Waals surface area contributed by atoms with Gasteiger partial charge in [-0.15, -0.1) is 0 Å². The number of Topliss-reactive ketones (excluding diaryl/α,β-unsaturated/α-hetero) is 3. The van der Waals surface area contributed by atoms with Crippen molar-refractivity contribution in [2.75, 3.05) is 0 Å². The molecule has 1 fully saturated rings. The standard InChI is InChI=1S/C34H42O7/c1-16(2)11-10-12-20-13-21(17(3)4)22-14-32(8)15-33(9)25(18(5)6)28(37)23(19(7)35)30(39)34(33,41)31(40)26(32)29(38)24(22)27(20)36/h13,16-18,25,36,38-39,41H,11,14-15H2,1-9H3/t25?,32-,33-,34+/m1/s1. The number of hydrogen-bond acceptors (Lipinski definition) is 7. The van der Waals surface area contributed by atoms with Crippen molar-refractivity contribution in [2.24, 2.45) is 28.6 Å². The number of carbonyl (C=O) groups excluding carboxylic acids is 3. The van der Waals surface area contributed by atoms with Crippen LogP contribution in [0, 0.1) is 40.4 Å². The van der Waals surface area contributed by atoms with E-state index in [1.54, 1.807) is 20.8 Å². The Bertz CT molecular complexity index is 1490. The van der Waals surface area contributed by atoms with E-state index < -0.39 is 56.8 Å². The number of fused-ring (bicyclic) bond motifs is 3. The molecule has 1 saturated carbocycles. The van der Waals surface area contributed by atoms with Gasteiger partial charge in [0.15, 0.2) is 17.2 Å². The summed E-state index contributed by atoms with van der Waals surface area (Å²) in [5, 5.41) is 46.7. The molecule has 220 valence electrons. The van der Waals surface area contributed by atoms with Gasteiger partial charge in [-0.05, 0) is 54.7 Å². The number of allylic oxidation sites excluding steroid dienone is 1. The second kappa shape index (κ2) is 9.87. The SMILES string of the molecule is CC(=O)C1=C(O)[C@]2(O)C(=O)C3=C(O)c4c(O)c(C#CCC(C)C)cc(C(C)C)c4C[C@]3(C)C[C@]2(C)C(C(C)C)C1=O. The lowest BCUT2D eigenvalue weighted by atomic mass is 9.43. The van der Waals surface area contributed by atoms with Gasteiger partial charge in [0, 0.05) is 28.7 Å². The number of aliphatic hydroxyl groups excluding tert-OH is 2. The van der Waals surface area contributed by atoms with E-state index in [9.17, 15) is 34.8 Å². The molecular formula is C34H42O7. The number of phenolic OH excluding ortho intramolecular Hbond substituents is 1. The summed E-state index contributed by atoms with van der Waals surface area (Å²) in [6.07, 6.45) is 0.935. The van der Waals surface area contributed by atoms with Gasteiger partial charge in [-0.25, -0.2) is 0 Å². The zero-order chi connectivity index (χ0) is 31.0. The number of rotatable bonds is 4. The van der Waals surface area contributed by atoms with Crippen molar-refractivity contribution >= 4 is 23.1 Å². The van der Waals surface area contributed by atoms with E-state index in [0.29, 0.717) is 23.5 Å². The number of ketones is 3. The van der Waals surface area contributed by atoms with Crippen LogP contribution >= 0.6 is 0 Å². The normalized spacial score (nSPS) is 29.4. The molecule has 41 heavy (non-hydrogen) atoms. The lowest BCUT2D eigenvalue weighted by Crippen LogP contribution is -2.69. The van der Waals surface area contributed by atoms with Crippen LogP contribution in [0.2, 0.25) is 0 Å². The van der Waals surface area contributed by atoms with Crippen LogP contribution in [-0.4, -0.2) is 43.4 Å². The number of hydrogen-bond donors (Lipinski definition) is 4. The average molecular weight is 563 g/mol. The van der Waals surface area contributed by atoms with E-state index in [1.807, 2.05) is 40.7 Å². The second-order valence-electron chi connectivity index (χ2n) is 13.7. The molecule has 0 aromatic heterocycles. The van der Waals surface area contributed by atoms with Gasteiger partial charge in [0.25, 0.3) is 0 Å². The number of benzene rings is 1. The number of phenols is 1. The Labute approximate surface area is 242 Å². The van der Waals surface area contributed by atoms with Gasteiger partial charge >= 0.3 is 0 Å². The zero-order valence-electron chi connectivity index (χ0n) is 25.5. The van der Waals surface area contributed by atoms with Gasteiger partial charge in [0.05, 0.1) is 11.1 Å². The second-order valence-corrected chi connectivity index (χ2v) is 13.7. The Morgan fingerprint density at radius 3 is 2.20 bits per heavy atom. The third-order valence-electron chi connectivity index (χ3n) is 9.39. The molecule has 7 nitrogen and oxygen atoms in total. The lowest BCUT2D eigenvalue weighted by Gasteiger charge is -2.59. The molecule has 1 aromatic carbocycles. The van der Waals surface area contributed by atoms with Crippen LogP contribution < -0.4 is 0 Å². The first-order chi connectivity index (χ1) is 18.8. The van der Waals surface area contributed by atoms with Crippen molar-refractivity contribution in [3.8, 4) is 17.6 Å². The Morgan fingerprint density at radius 2 is 1.68 bits per heavy atom. The summed E-state index contributed by atoms with van der Waals surface area (Å²) in [6.45, 7) is 16.2. The molecule has 0 amide bonds. The molecule has 4 N–H and O–H groups in total. The molecule has 0 spiro atoms. The van der Waals surface area contributed by atoms with Crippen LogP contribution in [0.1, 0.15) is 103 Å². The van der Waals surface area contributed by atoms with Crippen LogP contribution in [0.5, 0.6) is 5.75 Å². The molecule has 3 aliphatic rings. The Morgan fingerprint density at radius 1 is 1.07 bits per heavy atom. The maximum atomic E-state index is 14.5. The minimum absolute atomic E-state index is 0.00420. The van der Waals surface area contributed by atoms with Gasteiger partial charge in [-0.1, -0.05) is 67.2 Å². The quantitative estimate of drug-likeness (QED) is 0.273. The molecule has 4 rings (SSSR count). The fraction of sp³-hybridized carbons (Fsp3) is 0.559. The van der Waals surface area contributed by atoms with Crippen LogP contribution in [0.4, 0.5) is 0 Å². The molecule has 0 radical (unpaired) electrons. The largest absolute Gasteiger partial charge is 0.508 e. The number of aromatic hydroxyl groups is 1. The Hall–Kier alpha value is -3.37. The van der Waals surface area contributed by atoms with Crippen LogP contribution in [0.3, 0.4) is 0 Å². The Kier molecular flexibility index (Phi) is 7.36. The predicted octanol–water partition coefficient (Wildman–Crippen LogP) is 5.71. The molecule has 4 atom stereocenters. The Balaban J connectivity index is 2.07. The molecule has 7 heteroatoms. The van der Waals surface area contributed by atoms with Gasteiger partial charge in [0.2, 0.25) is 5.78 Å². The minimum Gasteiger partial charge on any atom is -0.508 e. The monoisotopic (exact) mass is 562 g/mol. The fourth-order valence-corrected chi connectivity index (χ4v) is 7.77. The molecular weight excluding hydrogens is 520 g/mol. The smallest absolute Gasteiger partial charge is 0.203 e. The minimum atomic E-state index is -2.62. The predicted molar refractivity (Wildman–Crippen MR) is 156 cm³/mol. The van der Waals surface area contributed by atoms with Crippen molar-refractivity contribution < 1.29 is 34.8 Å². The van der Waals surface area contributed by atoms with E-state index in [2.05, 4.69) is 11.8 Å². The molecule has 1 aromatic rings. The molecule has 0 bridgehead atoms. The van der Waals surface area contributed by atoms with Crippen molar-refractivity contribution in [3.63, 3.8) is 0 Å². The summed E-state index contributed by atoms with van der Waals surface area (Å²) in [4.78, 5) is 40.6. The van der Waals surface area contributed by atoms with Gasteiger partial charge in [-0.3, -0.25) is 14.4 Å². The van der Waals surface area contributed by atoms with E-state index in [1.165, 1.54) is 0 Å². The first kappa shape index (κ1) is 30.6. The molecule has 0 saturated heterocycles. The molecule has 1 unspecified atom stereocenters. The fourth-order valence-electron chi connectivity index (χ4n) is 7.77. The highest BCUT2D eigenvalue weighted by molar-refractivity contribution is 6.24. The summed E-state index contributed by atoms with van der Waals surface area (Å²) in [6, 6.07) is 1.84. The summed E-state index contributed by atoms with van der Waals surface area (Å²) in [5.74, 6) is 1.13. The van der Waals surface area contributed by atoms with Crippen molar-refractivity contribution in [3.05, 3.63) is 45.2 Å². The van der Waals surface area contributed by atoms with E-state index in [4.69, 9.17) is 0 Å². The van der Waals surface area contributed by atoms with Crippen LogP contribution in [-0.2, 0) is 20.8 Å². The highest BCUT2D eigenvalue weighted by Gasteiger charge is 2.72. The third kappa shape index (κ3) is 4.17. The van der Waals surface area contributed by atoms with Crippen molar-refractivity contribution in [1.82, 2.24) is 0 Å². The topological polar surface area (TPSA) is 132 Å². The van der Waals surface area contributed by atoms with Gasteiger partial charge in [0.1, 0.15) is 22.8 Å². The summed E-state index contributed by atoms with van der Waals surface area (Å²) < 4.78 is 0. The third-order valence-corrected chi connectivity index (χ3v) is 9.39. The summed E-state index contributed by atoms with van der Waals surface area (Å²) in [5.41, 5.74) is -3.86. The maximum Gasteiger partial charge on any atom is 0.203 e. The number of carbonyl (C=O) groups is 3. The molecule has 0 aliphatic heterocycles. The summed E-state index contributed by atoms with van der Waals surface area (Å²) >= 11 is 0. The maximum absolute atomic E-state index is 14.5. The summed E-state index contributed by atoms with van der Waals surface area (Å²) in [7, 11) is 0.